The predicted octanol–water partition coefficient (Wildman–Crippen LogP) is 6.41. The van der Waals surface area contributed by atoms with Gasteiger partial charge in [0.2, 0.25) is 11.8 Å². The Bertz CT molecular complexity index is 1740. The fourth-order valence-corrected chi connectivity index (χ4v) is 6.54. The molecule has 0 aliphatic rings. The van der Waals surface area contributed by atoms with Crippen LogP contribution in [0.15, 0.2) is 108 Å². The van der Waals surface area contributed by atoms with Gasteiger partial charge in [-0.2, -0.15) is 0 Å². The summed E-state index contributed by atoms with van der Waals surface area (Å²) in [6.45, 7) is 6.92. The molecule has 0 fully saturated rings. The molecule has 1 N–H and O–H groups in total. The first kappa shape index (κ1) is 34.5. The molecule has 242 valence electrons. The minimum atomic E-state index is -4.23. The number of nitrogens with one attached hydrogen (secondary N) is 1. The van der Waals surface area contributed by atoms with Crippen LogP contribution in [0.3, 0.4) is 0 Å². The third-order valence-corrected chi connectivity index (χ3v) is 9.47. The highest BCUT2D eigenvalue weighted by atomic mass is 35.5. The second-order valence-electron chi connectivity index (χ2n) is 12.1. The molecule has 4 aromatic carbocycles. The lowest BCUT2D eigenvalue weighted by Crippen LogP contribution is -2.56. The molecule has 1 atom stereocenters. The summed E-state index contributed by atoms with van der Waals surface area (Å²) in [5, 5.41) is 3.45. The molecule has 0 aliphatic heterocycles. The zero-order valence-corrected chi connectivity index (χ0v) is 28.3. The normalized spacial score (nSPS) is 12.2. The first-order valence-electron chi connectivity index (χ1n) is 14.9. The van der Waals surface area contributed by atoms with Crippen molar-refractivity contribution in [3.8, 4) is 5.75 Å². The number of methoxy groups -OCH3 is 1. The lowest BCUT2D eigenvalue weighted by Gasteiger charge is -2.35. The number of halogens is 1. The van der Waals surface area contributed by atoms with Crippen LogP contribution in [0.2, 0.25) is 5.02 Å². The summed E-state index contributed by atoms with van der Waals surface area (Å²) in [6.07, 6.45) is 0.203. The SMILES string of the molecule is COc1ccc(S(=O)(=O)N(CC(=O)N(Cc2ccccc2Cl)[C@@H](Cc2ccccc2)C(=O)NC(C)(C)C)c2ccc(C)cc2)cc1. The van der Waals surface area contributed by atoms with Crippen molar-refractivity contribution in [3.05, 3.63) is 125 Å². The summed E-state index contributed by atoms with van der Waals surface area (Å²) >= 11 is 6.56. The number of hydrogen-bond donors (Lipinski definition) is 1. The lowest BCUT2D eigenvalue weighted by atomic mass is 10.0. The van der Waals surface area contributed by atoms with Gasteiger partial charge in [-0.05, 0) is 81.3 Å². The van der Waals surface area contributed by atoms with Crippen molar-refractivity contribution in [3.63, 3.8) is 0 Å². The number of carbonyl (C=O) groups is 2. The van der Waals surface area contributed by atoms with E-state index in [1.807, 2.05) is 58.0 Å². The van der Waals surface area contributed by atoms with Crippen LogP contribution in [-0.4, -0.2) is 50.4 Å². The van der Waals surface area contributed by atoms with Crippen LogP contribution in [0.1, 0.15) is 37.5 Å². The maximum absolute atomic E-state index is 14.6. The average Bonchev–Trinajstić information content (AvgIpc) is 3.02. The molecule has 0 bridgehead atoms. The average molecular weight is 662 g/mol. The molecule has 10 heteroatoms. The van der Waals surface area contributed by atoms with E-state index in [1.165, 1.54) is 24.1 Å². The molecule has 0 aromatic heterocycles. The minimum absolute atomic E-state index is 0.00867. The Morgan fingerprint density at radius 2 is 1.48 bits per heavy atom. The van der Waals surface area contributed by atoms with Crippen molar-refractivity contribution in [2.24, 2.45) is 0 Å². The quantitative estimate of drug-likeness (QED) is 0.189. The summed E-state index contributed by atoms with van der Waals surface area (Å²) in [4.78, 5) is 30.0. The second-order valence-corrected chi connectivity index (χ2v) is 14.4. The van der Waals surface area contributed by atoms with Gasteiger partial charge in [-0.15, -0.1) is 0 Å². The molecular formula is C36H40ClN3O5S. The Hall–Kier alpha value is -4.34. The Kier molecular flexibility index (Phi) is 11.1. The van der Waals surface area contributed by atoms with E-state index >= 15 is 0 Å². The molecule has 0 saturated heterocycles. The topological polar surface area (TPSA) is 96.0 Å². The number of carbonyl (C=O) groups excluding carboxylic acids is 2. The third kappa shape index (κ3) is 8.89. The molecule has 4 aromatic rings. The van der Waals surface area contributed by atoms with Gasteiger partial charge in [-0.25, -0.2) is 8.42 Å². The number of amides is 2. The van der Waals surface area contributed by atoms with Gasteiger partial charge >= 0.3 is 0 Å². The summed E-state index contributed by atoms with van der Waals surface area (Å²) in [7, 11) is -2.74. The highest BCUT2D eigenvalue weighted by Gasteiger charge is 2.36. The van der Waals surface area contributed by atoms with Crippen LogP contribution in [-0.2, 0) is 32.6 Å². The molecule has 46 heavy (non-hydrogen) atoms. The van der Waals surface area contributed by atoms with Crippen molar-refractivity contribution in [2.75, 3.05) is 18.0 Å². The number of anilines is 1. The van der Waals surface area contributed by atoms with Gasteiger partial charge in [-0.1, -0.05) is 77.8 Å². The van der Waals surface area contributed by atoms with Gasteiger partial charge < -0.3 is 15.0 Å². The number of rotatable bonds is 12. The number of aryl methyl sites for hydroxylation is 1. The van der Waals surface area contributed by atoms with Crippen LogP contribution < -0.4 is 14.4 Å². The number of hydrogen-bond acceptors (Lipinski definition) is 5. The minimum Gasteiger partial charge on any atom is -0.497 e. The summed E-state index contributed by atoms with van der Waals surface area (Å²) in [6, 6.07) is 28.4. The second kappa shape index (κ2) is 14.8. The molecule has 4 rings (SSSR count). The van der Waals surface area contributed by atoms with Gasteiger partial charge in [0.25, 0.3) is 10.0 Å². The van der Waals surface area contributed by atoms with Gasteiger partial charge in [-0.3, -0.25) is 13.9 Å². The molecule has 0 radical (unpaired) electrons. The van der Waals surface area contributed by atoms with Crippen molar-refractivity contribution in [1.82, 2.24) is 10.2 Å². The van der Waals surface area contributed by atoms with E-state index in [1.54, 1.807) is 60.7 Å². The van der Waals surface area contributed by atoms with E-state index in [9.17, 15) is 18.0 Å². The smallest absolute Gasteiger partial charge is 0.264 e. The highest BCUT2D eigenvalue weighted by Crippen LogP contribution is 2.27. The van der Waals surface area contributed by atoms with Gasteiger partial charge in [0.15, 0.2) is 0 Å². The van der Waals surface area contributed by atoms with Crippen molar-refractivity contribution in [1.29, 1.82) is 0 Å². The molecule has 0 unspecified atom stereocenters. The van der Waals surface area contributed by atoms with E-state index in [0.717, 1.165) is 15.4 Å². The Balaban J connectivity index is 1.82. The van der Waals surface area contributed by atoms with E-state index in [-0.39, 0.29) is 23.8 Å². The zero-order valence-electron chi connectivity index (χ0n) is 26.7. The molecule has 2 amide bonds. The van der Waals surface area contributed by atoms with Crippen LogP contribution in [0, 0.1) is 6.92 Å². The lowest BCUT2D eigenvalue weighted by molar-refractivity contribution is -0.140. The highest BCUT2D eigenvalue weighted by molar-refractivity contribution is 7.92. The molecule has 0 spiro atoms. The Morgan fingerprint density at radius 1 is 0.870 bits per heavy atom. The predicted molar refractivity (Wildman–Crippen MR) is 183 cm³/mol. The van der Waals surface area contributed by atoms with E-state index in [2.05, 4.69) is 5.32 Å². The number of benzene rings is 4. The molecule has 0 aliphatic carbocycles. The molecule has 0 saturated carbocycles. The summed E-state index contributed by atoms with van der Waals surface area (Å²) in [5.74, 6) is -0.435. The van der Waals surface area contributed by atoms with E-state index in [0.29, 0.717) is 22.0 Å². The van der Waals surface area contributed by atoms with E-state index < -0.39 is 34.1 Å². The van der Waals surface area contributed by atoms with E-state index in [4.69, 9.17) is 16.3 Å². The Labute approximate surface area is 277 Å². The van der Waals surface area contributed by atoms with Crippen LogP contribution in [0.4, 0.5) is 5.69 Å². The maximum atomic E-state index is 14.6. The van der Waals surface area contributed by atoms with Crippen molar-refractivity contribution < 1.29 is 22.7 Å². The van der Waals surface area contributed by atoms with Crippen molar-refractivity contribution in [2.45, 2.75) is 57.1 Å². The fraction of sp³-hybridized carbons (Fsp3) is 0.278. The largest absolute Gasteiger partial charge is 0.497 e. The van der Waals surface area contributed by atoms with Crippen LogP contribution in [0.5, 0.6) is 5.75 Å². The fourth-order valence-electron chi connectivity index (χ4n) is 4.93. The van der Waals surface area contributed by atoms with Crippen LogP contribution >= 0.6 is 11.6 Å². The number of ether oxygens (including phenoxy) is 1. The number of sulfonamides is 1. The van der Waals surface area contributed by atoms with Gasteiger partial charge in [0, 0.05) is 23.5 Å². The third-order valence-electron chi connectivity index (χ3n) is 7.32. The number of nitrogens with zero attached hydrogens (tertiary/aromatic N) is 2. The summed E-state index contributed by atoms with van der Waals surface area (Å²) in [5.41, 5.74) is 2.12. The standard InChI is InChI=1S/C36H40ClN3O5S/c1-26-15-17-29(18-16-26)40(46(43,44)31-21-19-30(45-5)20-22-31)25-34(41)39(24-28-13-9-10-14-32(28)37)33(35(42)38-36(2,3)4)23-27-11-7-6-8-12-27/h6-22,33H,23-25H2,1-5H3,(H,38,42)/t33-/m0/s1. The zero-order chi connectivity index (χ0) is 33.5. The molecule has 8 nitrogen and oxygen atoms in total. The monoisotopic (exact) mass is 661 g/mol. The first-order chi connectivity index (χ1) is 21.8. The Morgan fingerprint density at radius 3 is 2.07 bits per heavy atom. The van der Waals surface area contributed by atoms with Crippen molar-refractivity contribution >= 4 is 39.1 Å². The van der Waals surface area contributed by atoms with Gasteiger partial charge in [0.05, 0.1) is 17.7 Å². The van der Waals surface area contributed by atoms with Gasteiger partial charge in [0.1, 0.15) is 18.3 Å². The maximum Gasteiger partial charge on any atom is 0.264 e. The molecule has 0 heterocycles. The molecular weight excluding hydrogens is 622 g/mol. The first-order valence-corrected chi connectivity index (χ1v) is 16.7. The van der Waals surface area contributed by atoms with Crippen LogP contribution in [0.25, 0.3) is 0 Å². The summed E-state index contributed by atoms with van der Waals surface area (Å²) < 4.78 is 34.7.